The number of nitrogens with one attached hydrogen (secondary N) is 2. The molecule has 2 aromatic rings. The summed E-state index contributed by atoms with van der Waals surface area (Å²) in [6, 6.07) is 9.93. The number of benzene rings is 1. The van der Waals surface area contributed by atoms with E-state index in [4.69, 9.17) is 4.74 Å². The molecule has 0 spiro atoms. The van der Waals surface area contributed by atoms with Crippen molar-refractivity contribution in [3.8, 4) is 11.4 Å². The summed E-state index contributed by atoms with van der Waals surface area (Å²) < 4.78 is 7.07. The third kappa shape index (κ3) is 5.18. The van der Waals surface area contributed by atoms with E-state index < -0.39 is 0 Å². The highest BCUT2D eigenvalue weighted by atomic mass is 16.5. The van der Waals surface area contributed by atoms with Crippen molar-refractivity contribution in [2.75, 3.05) is 20.2 Å². The van der Waals surface area contributed by atoms with Crippen LogP contribution in [0.4, 0.5) is 4.79 Å². The van der Waals surface area contributed by atoms with E-state index in [0.29, 0.717) is 30.6 Å². The largest absolute Gasteiger partial charge is 0.493 e. The Hall–Kier alpha value is -3.03. The fourth-order valence-corrected chi connectivity index (χ4v) is 4.40. The second-order valence-electron chi connectivity index (χ2n) is 8.35. The van der Waals surface area contributed by atoms with Crippen LogP contribution in [0.1, 0.15) is 55.4 Å². The van der Waals surface area contributed by atoms with Gasteiger partial charge in [0.1, 0.15) is 0 Å². The van der Waals surface area contributed by atoms with Gasteiger partial charge in [0, 0.05) is 25.2 Å². The van der Waals surface area contributed by atoms with Crippen molar-refractivity contribution in [2.45, 2.75) is 57.0 Å². The summed E-state index contributed by atoms with van der Waals surface area (Å²) in [6.45, 7) is 1.16. The Balaban J connectivity index is 1.32. The molecule has 1 aromatic heterocycles. The number of hydrogen-bond donors (Lipinski definition) is 2. The number of rotatable bonds is 5. The molecule has 0 atom stereocenters. The van der Waals surface area contributed by atoms with E-state index >= 15 is 0 Å². The van der Waals surface area contributed by atoms with Gasteiger partial charge in [-0.1, -0.05) is 37.5 Å². The second-order valence-corrected chi connectivity index (χ2v) is 8.35. The van der Waals surface area contributed by atoms with Crippen LogP contribution in [0.5, 0.6) is 5.75 Å². The maximum atomic E-state index is 13.1. The number of piperidine rings is 1. The molecular weight excluding hydrogens is 394 g/mol. The molecule has 1 saturated heterocycles. The Morgan fingerprint density at radius 2 is 1.61 bits per heavy atom. The van der Waals surface area contributed by atoms with E-state index in [9.17, 15) is 9.59 Å². The standard InChI is InChI=1S/C23H31N5O3/c1-31-20-16-28(19-10-6-3-7-11-19)26-21(20)22(29)27-14-12-18(13-15-27)25-23(30)24-17-8-4-2-5-9-17/h3,6-7,10-11,16-18H,2,4-5,8-9,12-15H2,1H3,(H2,24,25,30). The van der Waals surface area contributed by atoms with Crippen molar-refractivity contribution in [3.05, 3.63) is 42.2 Å². The predicted molar refractivity (Wildman–Crippen MR) is 118 cm³/mol. The summed E-state index contributed by atoms with van der Waals surface area (Å²) in [5.74, 6) is 0.317. The minimum absolute atomic E-state index is 0.0800. The van der Waals surface area contributed by atoms with Crippen molar-refractivity contribution >= 4 is 11.9 Å². The molecule has 2 fully saturated rings. The van der Waals surface area contributed by atoms with Crippen LogP contribution in [0.2, 0.25) is 0 Å². The predicted octanol–water partition coefficient (Wildman–Crippen LogP) is 3.12. The quantitative estimate of drug-likeness (QED) is 0.770. The smallest absolute Gasteiger partial charge is 0.315 e. The van der Waals surface area contributed by atoms with Crippen molar-refractivity contribution < 1.29 is 14.3 Å². The fourth-order valence-electron chi connectivity index (χ4n) is 4.40. The van der Waals surface area contributed by atoms with Crippen molar-refractivity contribution in [3.63, 3.8) is 0 Å². The van der Waals surface area contributed by atoms with Gasteiger partial charge in [0.15, 0.2) is 11.4 Å². The lowest BCUT2D eigenvalue weighted by atomic mass is 9.96. The van der Waals surface area contributed by atoms with Crippen LogP contribution < -0.4 is 15.4 Å². The first-order chi connectivity index (χ1) is 15.1. The average Bonchev–Trinajstić information content (AvgIpc) is 3.25. The fraction of sp³-hybridized carbons (Fsp3) is 0.522. The first kappa shape index (κ1) is 21.2. The molecule has 166 valence electrons. The first-order valence-corrected chi connectivity index (χ1v) is 11.2. The number of aromatic nitrogens is 2. The summed E-state index contributed by atoms with van der Waals surface area (Å²) in [4.78, 5) is 27.2. The van der Waals surface area contributed by atoms with E-state index in [1.54, 1.807) is 22.9 Å². The molecule has 4 rings (SSSR count). The van der Waals surface area contributed by atoms with Crippen LogP contribution in [0.3, 0.4) is 0 Å². The monoisotopic (exact) mass is 425 g/mol. The minimum atomic E-state index is -0.142. The first-order valence-electron chi connectivity index (χ1n) is 11.2. The summed E-state index contributed by atoms with van der Waals surface area (Å²) >= 11 is 0. The Morgan fingerprint density at radius 1 is 0.968 bits per heavy atom. The lowest BCUT2D eigenvalue weighted by molar-refractivity contribution is 0.0698. The number of nitrogens with zero attached hydrogens (tertiary/aromatic N) is 3. The van der Waals surface area contributed by atoms with Gasteiger partial charge in [-0.2, -0.15) is 5.10 Å². The van der Waals surface area contributed by atoms with Gasteiger partial charge < -0.3 is 20.3 Å². The number of hydrogen-bond acceptors (Lipinski definition) is 4. The zero-order chi connectivity index (χ0) is 21.6. The lowest BCUT2D eigenvalue weighted by Gasteiger charge is -2.32. The number of amides is 3. The van der Waals surface area contributed by atoms with Gasteiger partial charge in [0.2, 0.25) is 0 Å². The summed E-state index contributed by atoms with van der Waals surface area (Å²) in [6.07, 6.45) is 8.96. The molecule has 2 N–H and O–H groups in total. The average molecular weight is 426 g/mol. The Kier molecular flexibility index (Phi) is 6.74. The third-order valence-corrected chi connectivity index (χ3v) is 6.18. The van der Waals surface area contributed by atoms with E-state index in [0.717, 1.165) is 31.4 Å². The van der Waals surface area contributed by atoms with Crippen molar-refractivity contribution in [1.82, 2.24) is 25.3 Å². The SMILES string of the molecule is COc1cn(-c2ccccc2)nc1C(=O)N1CCC(NC(=O)NC2CCCCC2)CC1. The van der Waals surface area contributed by atoms with Crippen LogP contribution in [0.15, 0.2) is 36.5 Å². The van der Waals surface area contributed by atoms with Gasteiger partial charge in [-0.25, -0.2) is 9.48 Å². The Labute approximate surface area is 182 Å². The van der Waals surface area contributed by atoms with Gasteiger partial charge in [0.25, 0.3) is 5.91 Å². The number of carbonyl (C=O) groups is 2. The molecule has 0 unspecified atom stereocenters. The third-order valence-electron chi connectivity index (χ3n) is 6.18. The molecular formula is C23H31N5O3. The zero-order valence-electron chi connectivity index (χ0n) is 18.0. The molecule has 31 heavy (non-hydrogen) atoms. The summed E-state index contributed by atoms with van der Waals surface area (Å²) in [5, 5.41) is 10.7. The van der Waals surface area contributed by atoms with Gasteiger partial charge in [-0.15, -0.1) is 0 Å². The number of urea groups is 1. The van der Waals surface area contributed by atoms with Crippen LogP contribution in [-0.2, 0) is 0 Å². The van der Waals surface area contributed by atoms with Crippen molar-refractivity contribution in [1.29, 1.82) is 0 Å². The lowest BCUT2D eigenvalue weighted by Crippen LogP contribution is -2.51. The summed E-state index contributed by atoms with van der Waals surface area (Å²) in [7, 11) is 1.55. The highest BCUT2D eigenvalue weighted by molar-refractivity contribution is 5.95. The highest BCUT2D eigenvalue weighted by Crippen LogP contribution is 2.23. The number of ether oxygens (including phenoxy) is 1. The second kappa shape index (κ2) is 9.85. The molecule has 1 aliphatic heterocycles. The molecule has 8 nitrogen and oxygen atoms in total. The highest BCUT2D eigenvalue weighted by Gasteiger charge is 2.29. The minimum Gasteiger partial charge on any atom is -0.493 e. The normalized spacial score (nSPS) is 17.9. The van der Waals surface area contributed by atoms with Crippen LogP contribution in [0.25, 0.3) is 5.69 Å². The van der Waals surface area contributed by atoms with E-state index in [1.165, 1.54) is 19.3 Å². The van der Waals surface area contributed by atoms with Crippen LogP contribution in [-0.4, -0.2) is 58.9 Å². The number of methoxy groups -OCH3 is 1. The Bertz CT molecular complexity index is 884. The molecule has 1 aliphatic carbocycles. The molecule has 2 heterocycles. The maximum absolute atomic E-state index is 13.1. The van der Waals surface area contributed by atoms with E-state index in [2.05, 4.69) is 15.7 Å². The molecule has 3 amide bonds. The topological polar surface area (TPSA) is 88.5 Å². The number of carbonyl (C=O) groups excluding carboxylic acids is 2. The Morgan fingerprint density at radius 3 is 2.26 bits per heavy atom. The molecule has 0 bridgehead atoms. The molecule has 8 heteroatoms. The molecule has 1 aromatic carbocycles. The van der Waals surface area contributed by atoms with Crippen molar-refractivity contribution in [2.24, 2.45) is 0 Å². The van der Waals surface area contributed by atoms with Gasteiger partial charge >= 0.3 is 6.03 Å². The van der Waals surface area contributed by atoms with E-state index in [1.807, 2.05) is 30.3 Å². The van der Waals surface area contributed by atoms with E-state index in [-0.39, 0.29) is 18.0 Å². The molecule has 0 radical (unpaired) electrons. The zero-order valence-corrected chi connectivity index (χ0v) is 18.0. The number of para-hydroxylation sites is 1. The van der Waals surface area contributed by atoms with Crippen LogP contribution in [0, 0.1) is 0 Å². The molecule has 2 aliphatic rings. The van der Waals surface area contributed by atoms with Gasteiger partial charge in [-0.05, 0) is 37.8 Å². The molecule has 1 saturated carbocycles. The van der Waals surface area contributed by atoms with Gasteiger partial charge in [0.05, 0.1) is 19.0 Å². The maximum Gasteiger partial charge on any atom is 0.315 e. The number of likely N-dealkylation sites (tertiary alicyclic amines) is 1. The van der Waals surface area contributed by atoms with Gasteiger partial charge in [-0.3, -0.25) is 4.79 Å². The summed E-state index contributed by atoms with van der Waals surface area (Å²) in [5.41, 5.74) is 1.18. The van der Waals surface area contributed by atoms with Crippen LogP contribution >= 0.6 is 0 Å².